The molecule has 0 spiro atoms. The highest BCUT2D eigenvalue weighted by Crippen LogP contribution is 2.36. The number of aromatic nitrogens is 3. The van der Waals surface area contributed by atoms with Gasteiger partial charge in [0.25, 0.3) is 0 Å². The van der Waals surface area contributed by atoms with Crippen LogP contribution in [0.15, 0.2) is 24.3 Å². The maximum absolute atomic E-state index is 11.3. The van der Waals surface area contributed by atoms with Crippen LogP contribution in [-0.4, -0.2) is 51.9 Å². The Morgan fingerprint density at radius 1 is 1.20 bits per heavy atom. The third-order valence-corrected chi connectivity index (χ3v) is 5.27. The van der Waals surface area contributed by atoms with E-state index in [0.29, 0.717) is 29.9 Å². The molecule has 2 heterocycles. The standard InChI is InChI=1S/C19H24Cl3N7O/c1-12(30)24-13-5-3-6-14(11-13)25-18-27-16(19(20,21)22)26-17(28-18)23-9-8-15-7-4-10-29(15)2/h3,5-6,11,15H,4,7-10H2,1-2H3,(H,24,30)(H2,23,25,26,27,28). The van der Waals surface area contributed by atoms with Crippen LogP contribution in [0.1, 0.15) is 32.0 Å². The van der Waals surface area contributed by atoms with Gasteiger partial charge in [0.1, 0.15) is 0 Å². The lowest BCUT2D eigenvalue weighted by Crippen LogP contribution is -2.27. The average Bonchev–Trinajstić information content (AvgIpc) is 3.05. The van der Waals surface area contributed by atoms with Crippen LogP contribution < -0.4 is 16.0 Å². The maximum atomic E-state index is 11.3. The first-order valence-corrected chi connectivity index (χ1v) is 10.8. The zero-order valence-electron chi connectivity index (χ0n) is 16.8. The van der Waals surface area contributed by atoms with Crippen molar-refractivity contribution >= 4 is 64.0 Å². The number of carbonyl (C=O) groups is 1. The van der Waals surface area contributed by atoms with E-state index in [0.717, 1.165) is 13.0 Å². The van der Waals surface area contributed by atoms with E-state index >= 15 is 0 Å². The van der Waals surface area contributed by atoms with Crippen LogP contribution in [0.3, 0.4) is 0 Å². The van der Waals surface area contributed by atoms with Crippen LogP contribution in [0, 0.1) is 0 Å². The molecule has 11 heteroatoms. The lowest BCUT2D eigenvalue weighted by atomic mass is 10.1. The number of alkyl halides is 3. The zero-order chi connectivity index (χ0) is 21.7. The predicted octanol–water partition coefficient (Wildman–Crippen LogP) is 4.30. The van der Waals surface area contributed by atoms with Crippen molar-refractivity contribution < 1.29 is 4.79 Å². The Hall–Kier alpha value is -1.87. The molecule has 1 aromatic carbocycles. The number of benzene rings is 1. The minimum Gasteiger partial charge on any atom is -0.354 e. The van der Waals surface area contributed by atoms with Crippen LogP contribution >= 0.6 is 34.8 Å². The Morgan fingerprint density at radius 2 is 1.93 bits per heavy atom. The number of anilines is 4. The first-order valence-electron chi connectivity index (χ1n) is 9.63. The summed E-state index contributed by atoms with van der Waals surface area (Å²) >= 11 is 18.0. The summed E-state index contributed by atoms with van der Waals surface area (Å²) in [7, 11) is 2.14. The lowest BCUT2D eigenvalue weighted by Gasteiger charge is -2.19. The first-order chi connectivity index (χ1) is 14.2. The van der Waals surface area contributed by atoms with Gasteiger partial charge in [-0.05, 0) is 51.1 Å². The summed E-state index contributed by atoms with van der Waals surface area (Å²) in [5.41, 5.74) is 1.31. The molecule has 1 aliphatic heterocycles. The summed E-state index contributed by atoms with van der Waals surface area (Å²) in [6, 6.07) is 7.68. The van der Waals surface area contributed by atoms with Gasteiger partial charge in [-0.15, -0.1) is 0 Å². The highest BCUT2D eigenvalue weighted by Gasteiger charge is 2.28. The van der Waals surface area contributed by atoms with E-state index in [1.165, 1.54) is 19.8 Å². The van der Waals surface area contributed by atoms with Gasteiger partial charge in [0.05, 0.1) is 0 Å². The lowest BCUT2D eigenvalue weighted by molar-refractivity contribution is -0.114. The number of rotatable bonds is 7. The van der Waals surface area contributed by atoms with E-state index < -0.39 is 3.79 Å². The second-order valence-electron chi connectivity index (χ2n) is 7.18. The maximum Gasteiger partial charge on any atom is 0.250 e. The van der Waals surface area contributed by atoms with E-state index in [9.17, 15) is 4.79 Å². The monoisotopic (exact) mass is 471 g/mol. The molecule has 1 saturated heterocycles. The molecule has 2 aromatic rings. The summed E-state index contributed by atoms with van der Waals surface area (Å²) in [4.78, 5) is 26.5. The number of halogens is 3. The smallest absolute Gasteiger partial charge is 0.250 e. The number of amides is 1. The van der Waals surface area contributed by atoms with Crippen LogP contribution in [0.4, 0.5) is 23.3 Å². The molecule has 0 saturated carbocycles. The van der Waals surface area contributed by atoms with Crippen molar-refractivity contribution in [3.63, 3.8) is 0 Å². The number of hydrogen-bond acceptors (Lipinski definition) is 7. The molecule has 0 bridgehead atoms. The molecule has 1 unspecified atom stereocenters. The molecule has 162 valence electrons. The van der Waals surface area contributed by atoms with Gasteiger partial charge in [-0.25, -0.2) is 0 Å². The minimum absolute atomic E-state index is 0.0171. The SMILES string of the molecule is CC(=O)Nc1cccc(Nc2nc(NCCC3CCCN3C)nc(C(Cl)(Cl)Cl)n2)c1. The van der Waals surface area contributed by atoms with Gasteiger partial charge in [0.15, 0.2) is 5.82 Å². The number of likely N-dealkylation sites (tertiary alicyclic amines) is 1. The molecule has 1 atom stereocenters. The Bertz CT molecular complexity index is 891. The Morgan fingerprint density at radius 3 is 2.60 bits per heavy atom. The van der Waals surface area contributed by atoms with Crippen molar-refractivity contribution in [1.82, 2.24) is 19.9 Å². The fraction of sp³-hybridized carbons (Fsp3) is 0.474. The van der Waals surface area contributed by atoms with Gasteiger partial charge in [0, 0.05) is 30.9 Å². The largest absolute Gasteiger partial charge is 0.354 e. The van der Waals surface area contributed by atoms with E-state index in [4.69, 9.17) is 34.8 Å². The van der Waals surface area contributed by atoms with Gasteiger partial charge >= 0.3 is 0 Å². The number of nitrogens with zero attached hydrogens (tertiary/aromatic N) is 4. The second-order valence-corrected chi connectivity index (χ2v) is 9.46. The van der Waals surface area contributed by atoms with Crippen LogP contribution in [0.25, 0.3) is 0 Å². The quantitative estimate of drug-likeness (QED) is 0.517. The summed E-state index contributed by atoms with van der Waals surface area (Å²) in [5.74, 6) is 0.410. The summed E-state index contributed by atoms with van der Waals surface area (Å²) in [6.07, 6.45) is 3.37. The topological polar surface area (TPSA) is 95.1 Å². The number of carbonyl (C=O) groups excluding carboxylic acids is 1. The van der Waals surface area contributed by atoms with Gasteiger partial charge in [-0.3, -0.25) is 4.79 Å². The van der Waals surface area contributed by atoms with Crippen LogP contribution in [0.5, 0.6) is 0 Å². The molecular weight excluding hydrogens is 449 g/mol. The summed E-state index contributed by atoms with van der Waals surface area (Å²) in [6.45, 7) is 3.26. The third-order valence-electron chi connectivity index (χ3n) is 4.76. The normalized spacial score (nSPS) is 17.0. The zero-order valence-corrected chi connectivity index (χ0v) is 19.0. The molecule has 1 fully saturated rings. The molecule has 3 N–H and O–H groups in total. The Labute approximate surface area is 190 Å². The molecule has 0 aliphatic carbocycles. The molecule has 1 aromatic heterocycles. The number of hydrogen-bond donors (Lipinski definition) is 3. The summed E-state index contributed by atoms with van der Waals surface area (Å²) in [5, 5.41) is 9.00. The van der Waals surface area contributed by atoms with Crippen molar-refractivity contribution in [1.29, 1.82) is 0 Å². The van der Waals surface area contributed by atoms with E-state index in [1.54, 1.807) is 18.2 Å². The van der Waals surface area contributed by atoms with Gasteiger partial charge in [-0.1, -0.05) is 40.9 Å². The Kier molecular flexibility index (Phi) is 7.57. The van der Waals surface area contributed by atoms with Crippen molar-refractivity contribution in [3.8, 4) is 0 Å². The van der Waals surface area contributed by atoms with E-state index in [-0.39, 0.29) is 17.7 Å². The molecule has 3 rings (SSSR count). The van der Waals surface area contributed by atoms with Crippen molar-refractivity contribution in [2.45, 2.75) is 36.0 Å². The third kappa shape index (κ3) is 6.57. The van der Waals surface area contributed by atoms with Gasteiger partial charge in [0.2, 0.25) is 21.6 Å². The van der Waals surface area contributed by atoms with Crippen LogP contribution in [-0.2, 0) is 8.59 Å². The number of nitrogens with one attached hydrogen (secondary N) is 3. The summed E-state index contributed by atoms with van der Waals surface area (Å²) < 4.78 is -1.79. The van der Waals surface area contributed by atoms with Crippen molar-refractivity contribution in [2.24, 2.45) is 0 Å². The fourth-order valence-electron chi connectivity index (χ4n) is 3.34. The first kappa shape index (κ1) is 22.8. The molecule has 1 aliphatic rings. The van der Waals surface area contributed by atoms with Gasteiger partial charge in [-0.2, -0.15) is 15.0 Å². The molecular formula is C19H24Cl3N7O. The predicted molar refractivity (Wildman–Crippen MR) is 122 cm³/mol. The second kappa shape index (κ2) is 9.96. The average molecular weight is 473 g/mol. The highest BCUT2D eigenvalue weighted by molar-refractivity contribution is 6.66. The molecule has 8 nitrogen and oxygen atoms in total. The van der Waals surface area contributed by atoms with Crippen LogP contribution in [0.2, 0.25) is 0 Å². The van der Waals surface area contributed by atoms with E-state index in [2.05, 4.69) is 42.8 Å². The van der Waals surface area contributed by atoms with E-state index in [1.807, 2.05) is 6.07 Å². The molecule has 30 heavy (non-hydrogen) atoms. The fourth-order valence-corrected chi connectivity index (χ4v) is 3.59. The van der Waals surface area contributed by atoms with Crippen molar-refractivity contribution in [2.75, 3.05) is 36.1 Å². The highest BCUT2D eigenvalue weighted by atomic mass is 35.6. The molecule has 0 radical (unpaired) electrons. The van der Waals surface area contributed by atoms with Crippen molar-refractivity contribution in [3.05, 3.63) is 30.1 Å². The molecule has 1 amide bonds. The van der Waals surface area contributed by atoms with Gasteiger partial charge < -0.3 is 20.9 Å². The Balaban J connectivity index is 1.74. The minimum atomic E-state index is -1.79.